The number of carbonyl (C=O) groups excluding carboxylic acids is 1. The topological polar surface area (TPSA) is 54.7 Å². The molecule has 3 aromatic heterocycles. The van der Waals surface area contributed by atoms with Crippen molar-refractivity contribution >= 4 is 33.5 Å². The summed E-state index contributed by atoms with van der Waals surface area (Å²) in [7, 11) is 0. The van der Waals surface area contributed by atoms with Gasteiger partial charge in [0.15, 0.2) is 4.96 Å². The maximum atomic E-state index is 13.2. The molecule has 4 heterocycles. The van der Waals surface area contributed by atoms with Crippen LogP contribution in [-0.4, -0.2) is 32.8 Å². The van der Waals surface area contributed by atoms with E-state index in [1.54, 1.807) is 15.7 Å². The maximum Gasteiger partial charge on any atom is 0.274 e. The number of hydrogen-bond donors (Lipinski definition) is 0. The van der Waals surface area contributed by atoms with Gasteiger partial charge in [-0.2, -0.15) is 4.98 Å². The Labute approximate surface area is 153 Å². The first-order valence-corrected chi connectivity index (χ1v) is 10.3. The van der Waals surface area contributed by atoms with Crippen LogP contribution >= 0.6 is 22.7 Å². The van der Waals surface area contributed by atoms with Crippen LogP contribution in [0.1, 0.15) is 41.0 Å². The lowest BCUT2D eigenvalue weighted by Gasteiger charge is -2.36. The normalized spacial score (nSPS) is 17.9. The van der Waals surface area contributed by atoms with Gasteiger partial charge in [0.05, 0.1) is 0 Å². The number of likely N-dealkylation sites (tertiary alicyclic amines) is 1. The van der Waals surface area contributed by atoms with Crippen molar-refractivity contribution in [2.75, 3.05) is 6.54 Å². The zero-order valence-corrected chi connectivity index (χ0v) is 15.4. The third-order valence-electron chi connectivity index (χ3n) is 4.73. The zero-order valence-electron chi connectivity index (χ0n) is 13.8. The predicted octanol–water partition coefficient (Wildman–Crippen LogP) is 3.45. The molecule has 0 aliphatic carbocycles. The molecule has 0 spiro atoms. The number of hydrogen-bond acceptors (Lipinski definition) is 5. The fourth-order valence-electron chi connectivity index (χ4n) is 3.49. The molecule has 1 aliphatic rings. The van der Waals surface area contributed by atoms with E-state index in [0.717, 1.165) is 38.6 Å². The molecule has 1 amide bonds. The predicted molar refractivity (Wildman–Crippen MR) is 101 cm³/mol. The Morgan fingerprint density at radius 3 is 3.04 bits per heavy atom. The fraction of sp³-hybridized carbons (Fsp3) is 0.389. The highest BCUT2D eigenvalue weighted by Crippen LogP contribution is 2.24. The molecule has 5 nitrogen and oxygen atoms in total. The standard InChI is InChI=1S/C18H19N3O2S2/c22-16-12-15(21-9-11-25-18(21)19-16)17(23)20-8-2-1-4-13(20)6-7-14-5-3-10-24-14/h3,5,9-13H,1-2,4,6-8H2/t13-/m0/s1. The molecular weight excluding hydrogens is 354 g/mol. The second kappa shape index (κ2) is 7.09. The Hall–Kier alpha value is -1.99. The molecule has 0 saturated carbocycles. The molecule has 130 valence electrons. The van der Waals surface area contributed by atoms with Crippen LogP contribution in [-0.2, 0) is 6.42 Å². The Morgan fingerprint density at radius 2 is 2.20 bits per heavy atom. The van der Waals surface area contributed by atoms with E-state index in [9.17, 15) is 9.59 Å². The van der Waals surface area contributed by atoms with Crippen LogP contribution in [0, 0.1) is 0 Å². The largest absolute Gasteiger partial charge is 0.334 e. The summed E-state index contributed by atoms with van der Waals surface area (Å²) in [5.74, 6) is -0.0521. The molecule has 1 aliphatic heterocycles. The number of rotatable bonds is 4. The van der Waals surface area contributed by atoms with Crippen LogP contribution in [0.2, 0.25) is 0 Å². The molecule has 0 unspecified atom stereocenters. The van der Waals surface area contributed by atoms with Gasteiger partial charge in [-0.25, -0.2) is 0 Å². The van der Waals surface area contributed by atoms with Crippen molar-refractivity contribution in [1.29, 1.82) is 0 Å². The summed E-state index contributed by atoms with van der Waals surface area (Å²) in [4.78, 5) is 32.9. The number of amides is 1. The Kier molecular flexibility index (Phi) is 4.67. The van der Waals surface area contributed by atoms with Crippen molar-refractivity contribution in [1.82, 2.24) is 14.3 Å². The first-order valence-electron chi connectivity index (χ1n) is 8.52. The first-order chi connectivity index (χ1) is 12.2. The monoisotopic (exact) mass is 373 g/mol. The van der Waals surface area contributed by atoms with Crippen LogP contribution in [0.25, 0.3) is 4.96 Å². The van der Waals surface area contributed by atoms with Crippen molar-refractivity contribution in [3.63, 3.8) is 0 Å². The molecule has 3 aromatic rings. The van der Waals surface area contributed by atoms with E-state index in [1.807, 2.05) is 16.5 Å². The quantitative estimate of drug-likeness (QED) is 0.704. The highest BCUT2D eigenvalue weighted by atomic mass is 32.1. The number of thiophene rings is 1. The lowest BCUT2D eigenvalue weighted by molar-refractivity contribution is 0.0594. The van der Waals surface area contributed by atoms with Crippen LogP contribution in [0.5, 0.6) is 0 Å². The highest BCUT2D eigenvalue weighted by Gasteiger charge is 2.29. The summed E-state index contributed by atoms with van der Waals surface area (Å²) in [6.45, 7) is 0.761. The van der Waals surface area contributed by atoms with E-state index < -0.39 is 0 Å². The SMILES string of the molecule is O=C(c1cc(=O)nc2sccn12)N1CCCC[C@H]1CCc1cccs1. The number of fused-ring (bicyclic) bond motifs is 1. The number of carbonyl (C=O) groups is 1. The van der Waals surface area contributed by atoms with Crippen LogP contribution < -0.4 is 5.56 Å². The average Bonchev–Trinajstić information content (AvgIpc) is 3.30. The minimum Gasteiger partial charge on any atom is -0.334 e. The van der Waals surface area contributed by atoms with Gasteiger partial charge in [-0.05, 0) is 43.6 Å². The fourth-order valence-corrected chi connectivity index (χ4v) is 4.94. The Balaban J connectivity index is 1.59. The molecule has 1 saturated heterocycles. The van der Waals surface area contributed by atoms with Crippen molar-refractivity contribution < 1.29 is 4.79 Å². The lowest BCUT2D eigenvalue weighted by Crippen LogP contribution is -2.44. The van der Waals surface area contributed by atoms with Crippen LogP contribution in [0.3, 0.4) is 0 Å². The number of thiazole rings is 1. The van der Waals surface area contributed by atoms with Gasteiger partial charge in [-0.1, -0.05) is 6.07 Å². The summed E-state index contributed by atoms with van der Waals surface area (Å²) in [6, 6.07) is 5.82. The smallest absolute Gasteiger partial charge is 0.274 e. The second-order valence-electron chi connectivity index (χ2n) is 6.30. The van der Waals surface area contributed by atoms with Crippen LogP contribution in [0.15, 0.2) is 40.0 Å². The minimum atomic E-state index is -0.349. The lowest BCUT2D eigenvalue weighted by atomic mass is 9.97. The second-order valence-corrected chi connectivity index (χ2v) is 8.21. The van der Waals surface area contributed by atoms with E-state index in [4.69, 9.17) is 0 Å². The third kappa shape index (κ3) is 3.39. The van der Waals surface area contributed by atoms with Gasteiger partial charge in [0, 0.05) is 35.1 Å². The summed E-state index contributed by atoms with van der Waals surface area (Å²) in [5, 5.41) is 3.94. The van der Waals surface area contributed by atoms with Gasteiger partial charge in [0.2, 0.25) is 0 Å². The van der Waals surface area contributed by atoms with E-state index >= 15 is 0 Å². The molecule has 0 N–H and O–H groups in total. The summed E-state index contributed by atoms with van der Waals surface area (Å²) in [6.07, 6.45) is 6.99. The molecule has 1 atom stereocenters. The van der Waals surface area contributed by atoms with E-state index in [1.165, 1.54) is 22.3 Å². The van der Waals surface area contributed by atoms with Gasteiger partial charge in [0.1, 0.15) is 5.69 Å². The summed E-state index contributed by atoms with van der Waals surface area (Å²) >= 11 is 3.14. The van der Waals surface area contributed by atoms with Crippen molar-refractivity contribution in [2.45, 2.75) is 38.1 Å². The number of piperidine rings is 1. The van der Waals surface area contributed by atoms with E-state index in [2.05, 4.69) is 22.5 Å². The number of nitrogens with zero attached hydrogens (tertiary/aromatic N) is 3. The number of aromatic nitrogens is 2. The summed E-state index contributed by atoms with van der Waals surface area (Å²) < 4.78 is 1.74. The van der Waals surface area contributed by atoms with E-state index in [0.29, 0.717) is 10.7 Å². The van der Waals surface area contributed by atoms with E-state index in [-0.39, 0.29) is 17.5 Å². The van der Waals surface area contributed by atoms with Gasteiger partial charge in [0.25, 0.3) is 11.5 Å². The average molecular weight is 374 g/mol. The third-order valence-corrected chi connectivity index (χ3v) is 6.42. The van der Waals surface area contributed by atoms with Crippen molar-refractivity contribution in [2.24, 2.45) is 0 Å². The zero-order chi connectivity index (χ0) is 17.2. The summed E-state index contributed by atoms with van der Waals surface area (Å²) in [5.41, 5.74) is 0.0808. The Morgan fingerprint density at radius 1 is 1.28 bits per heavy atom. The minimum absolute atomic E-state index is 0.0521. The van der Waals surface area contributed by atoms with Crippen molar-refractivity contribution in [3.8, 4) is 0 Å². The molecule has 1 fully saturated rings. The van der Waals surface area contributed by atoms with Crippen LogP contribution in [0.4, 0.5) is 0 Å². The van der Waals surface area contributed by atoms with Gasteiger partial charge >= 0.3 is 0 Å². The van der Waals surface area contributed by atoms with Gasteiger partial charge < -0.3 is 4.90 Å². The molecule has 25 heavy (non-hydrogen) atoms. The molecule has 0 aromatic carbocycles. The molecule has 0 radical (unpaired) electrons. The maximum absolute atomic E-state index is 13.2. The Bertz CT molecular complexity index is 929. The van der Waals surface area contributed by atoms with Gasteiger partial charge in [-0.15, -0.1) is 22.7 Å². The van der Waals surface area contributed by atoms with Gasteiger partial charge in [-0.3, -0.25) is 14.0 Å². The molecular formula is C18H19N3O2S2. The molecule has 4 rings (SSSR count). The first kappa shape index (κ1) is 16.5. The number of aryl methyl sites for hydroxylation is 1. The molecule has 7 heteroatoms. The molecule has 0 bridgehead atoms. The van der Waals surface area contributed by atoms with Crippen molar-refractivity contribution in [3.05, 3.63) is 56.1 Å². The highest BCUT2D eigenvalue weighted by molar-refractivity contribution is 7.15.